The molecule has 0 aliphatic rings. The highest BCUT2D eigenvalue weighted by atomic mass is 32.3. The van der Waals surface area contributed by atoms with Gasteiger partial charge in [0.2, 0.25) is 5.56 Å². The third-order valence-electron chi connectivity index (χ3n) is 1.98. The number of aromatic nitrogens is 1. The van der Waals surface area contributed by atoms with Crippen LogP contribution in [0.25, 0.3) is 10.9 Å². The van der Waals surface area contributed by atoms with Crippen LogP contribution in [0.15, 0.2) is 40.0 Å². The number of para-hydroxylation sites is 1. The van der Waals surface area contributed by atoms with E-state index in [0.29, 0.717) is 5.39 Å². The van der Waals surface area contributed by atoms with E-state index in [-0.39, 0.29) is 5.52 Å². The first-order chi connectivity index (χ1) is 6.98. The van der Waals surface area contributed by atoms with Crippen molar-refractivity contribution < 1.29 is 12.3 Å². The zero-order chi connectivity index (χ0) is 11.1. The van der Waals surface area contributed by atoms with E-state index in [4.69, 9.17) is 0 Å². The number of rotatable bonds is 1. The van der Waals surface area contributed by atoms with E-state index >= 15 is 0 Å². The van der Waals surface area contributed by atoms with Gasteiger partial charge in [0, 0.05) is 6.07 Å². The van der Waals surface area contributed by atoms with Crippen molar-refractivity contribution in [3.8, 4) is 0 Å². The van der Waals surface area contributed by atoms with Crippen LogP contribution >= 0.6 is 0 Å². The molecule has 0 amide bonds. The molecule has 1 aromatic carbocycles. The van der Waals surface area contributed by atoms with Gasteiger partial charge in [-0.05, 0) is 17.5 Å². The van der Waals surface area contributed by atoms with E-state index in [0.717, 1.165) is 6.07 Å². The minimum atomic E-state index is -4.82. The second-order valence-electron chi connectivity index (χ2n) is 2.98. The molecular weight excluding hydrogens is 221 g/mol. The van der Waals surface area contributed by atoms with Crippen molar-refractivity contribution in [1.29, 1.82) is 0 Å². The molecule has 0 unspecified atom stereocenters. The molecule has 78 valence electrons. The fourth-order valence-corrected chi connectivity index (χ4v) is 2.01. The molecule has 1 N–H and O–H groups in total. The van der Waals surface area contributed by atoms with Crippen molar-refractivity contribution in [3.05, 3.63) is 40.7 Å². The first kappa shape index (κ1) is 9.85. The summed E-state index contributed by atoms with van der Waals surface area (Å²) >= 11 is 0. The number of benzene rings is 1. The van der Waals surface area contributed by atoms with E-state index in [1.807, 2.05) is 0 Å². The summed E-state index contributed by atoms with van der Waals surface area (Å²) in [6.45, 7) is 0. The molecule has 0 spiro atoms. The molecule has 0 aliphatic heterocycles. The Morgan fingerprint density at radius 1 is 1.13 bits per heavy atom. The van der Waals surface area contributed by atoms with Crippen LogP contribution in [0.2, 0.25) is 0 Å². The number of aromatic amines is 1. The molecule has 0 saturated heterocycles. The molecule has 0 atom stereocenters. The van der Waals surface area contributed by atoms with E-state index in [1.165, 1.54) is 18.2 Å². The molecule has 2 aromatic rings. The summed E-state index contributed by atoms with van der Waals surface area (Å²) < 4.78 is 34.4. The minimum absolute atomic E-state index is 0.00694. The topological polar surface area (TPSA) is 67.0 Å². The summed E-state index contributed by atoms with van der Waals surface area (Å²) in [6.07, 6.45) is 0. The van der Waals surface area contributed by atoms with Crippen LogP contribution in [0.3, 0.4) is 0 Å². The lowest BCUT2D eigenvalue weighted by atomic mass is 10.2. The zero-order valence-corrected chi connectivity index (χ0v) is 8.21. The van der Waals surface area contributed by atoms with E-state index in [9.17, 15) is 17.1 Å². The molecule has 4 nitrogen and oxygen atoms in total. The van der Waals surface area contributed by atoms with Gasteiger partial charge in [-0.25, -0.2) is 0 Å². The smallest absolute Gasteiger partial charge is 0.321 e. The molecule has 1 heterocycles. The van der Waals surface area contributed by atoms with Crippen LogP contribution in [0.5, 0.6) is 0 Å². The lowest BCUT2D eigenvalue weighted by molar-refractivity contribution is 0.553. The van der Waals surface area contributed by atoms with Crippen LogP contribution in [0.4, 0.5) is 3.89 Å². The SMILES string of the molecule is O=c1ccc2cccc(S(=O)(=O)F)c2[nH]1. The molecule has 15 heavy (non-hydrogen) atoms. The summed E-state index contributed by atoms with van der Waals surface area (Å²) in [7, 11) is -4.82. The Hall–Kier alpha value is -1.69. The first-order valence-electron chi connectivity index (χ1n) is 4.05. The Balaban J connectivity index is 2.99. The monoisotopic (exact) mass is 227 g/mol. The second-order valence-corrected chi connectivity index (χ2v) is 4.30. The van der Waals surface area contributed by atoms with Crippen molar-refractivity contribution in [1.82, 2.24) is 4.98 Å². The van der Waals surface area contributed by atoms with Gasteiger partial charge in [-0.3, -0.25) is 4.79 Å². The summed E-state index contributed by atoms with van der Waals surface area (Å²) in [5, 5.41) is 0.466. The Bertz CT molecular complexity index is 675. The molecule has 0 radical (unpaired) electrons. The Morgan fingerprint density at radius 3 is 2.53 bits per heavy atom. The molecule has 0 saturated carbocycles. The van der Waals surface area contributed by atoms with Crippen LogP contribution in [-0.2, 0) is 10.2 Å². The third-order valence-corrected chi connectivity index (χ3v) is 2.85. The summed E-state index contributed by atoms with van der Waals surface area (Å²) in [5.74, 6) is 0. The average Bonchev–Trinajstić information content (AvgIpc) is 2.15. The van der Waals surface area contributed by atoms with Crippen molar-refractivity contribution >= 4 is 21.1 Å². The predicted octanol–water partition coefficient (Wildman–Crippen LogP) is 1.19. The zero-order valence-electron chi connectivity index (χ0n) is 7.40. The highest BCUT2D eigenvalue weighted by Crippen LogP contribution is 2.20. The summed E-state index contributed by atoms with van der Waals surface area (Å²) in [5.41, 5.74) is -0.480. The van der Waals surface area contributed by atoms with Crippen LogP contribution < -0.4 is 5.56 Å². The predicted molar refractivity (Wildman–Crippen MR) is 52.9 cm³/mol. The Morgan fingerprint density at radius 2 is 1.87 bits per heavy atom. The Labute approximate surface area is 84.6 Å². The molecule has 6 heteroatoms. The normalized spacial score (nSPS) is 11.8. The molecule has 1 aromatic heterocycles. The van der Waals surface area contributed by atoms with Gasteiger partial charge in [0.05, 0.1) is 5.52 Å². The van der Waals surface area contributed by atoms with Crippen molar-refractivity contribution in [3.63, 3.8) is 0 Å². The highest BCUT2D eigenvalue weighted by Gasteiger charge is 2.15. The van der Waals surface area contributed by atoms with Gasteiger partial charge in [0.15, 0.2) is 0 Å². The van der Waals surface area contributed by atoms with Gasteiger partial charge < -0.3 is 4.98 Å². The quantitative estimate of drug-likeness (QED) is 0.744. The molecule has 0 fully saturated rings. The maximum absolute atomic E-state index is 12.8. The number of H-pyrrole nitrogens is 1. The fourth-order valence-electron chi connectivity index (χ4n) is 1.35. The summed E-state index contributed by atoms with van der Waals surface area (Å²) in [4.78, 5) is 12.8. The van der Waals surface area contributed by atoms with Gasteiger partial charge in [0.25, 0.3) is 0 Å². The van der Waals surface area contributed by atoms with Gasteiger partial charge in [-0.2, -0.15) is 8.42 Å². The van der Waals surface area contributed by atoms with E-state index in [2.05, 4.69) is 4.98 Å². The largest absolute Gasteiger partial charge is 0.334 e. The second kappa shape index (κ2) is 3.16. The maximum atomic E-state index is 12.8. The third kappa shape index (κ3) is 1.75. The maximum Gasteiger partial charge on any atom is 0.334 e. The van der Waals surface area contributed by atoms with Gasteiger partial charge >= 0.3 is 10.2 Å². The number of hydrogen-bond donors (Lipinski definition) is 1. The molecule has 0 bridgehead atoms. The van der Waals surface area contributed by atoms with Crippen molar-refractivity contribution in [2.24, 2.45) is 0 Å². The standard InChI is InChI=1S/C9H6FNO3S/c10-15(13,14)7-3-1-2-6-4-5-8(12)11-9(6)7/h1-5H,(H,11,12). The number of halogens is 1. The lowest BCUT2D eigenvalue weighted by Gasteiger charge is -2.00. The number of pyridine rings is 1. The molecule has 0 aliphatic carbocycles. The minimum Gasteiger partial charge on any atom is -0.321 e. The van der Waals surface area contributed by atoms with Crippen LogP contribution in [-0.4, -0.2) is 13.4 Å². The van der Waals surface area contributed by atoms with Crippen LogP contribution in [0.1, 0.15) is 0 Å². The van der Waals surface area contributed by atoms with Crippen molar-refractivity contribution in [2.45, 2.75) is 4.90 Å². The van der Waals surface area contributed by atoms with Gasteiger partial charge in [0.1, 0.15) is 4.90 Å². The highest BCUT2D eigenvalue weighted by molar-refractivity contribution is 7.86. The molecular formula is C9H6FNO3S. The van der Waals surface area contributed by atoms with Crippen LogP contribution in [0, 0.1) is 0 Å². The van der Waals surface area contributed by atoms with Gasteiger partial charge in [-0.1, -0.05) is 12.1 Å². The first-order valence-corrected chi connectivity index (χ1v) is 5.43. The molecule has 2 rings (SSSR count). The summed E-state index contributed by atoms with van der Waals surface area (Å²) in [6, 6.07) is 6.78. The van der Waals surface area contributed by atoms with Crippen molar-refractivity contribution in [2.75, 3.05) is 0 Å². The van der Waals surface area contributed by atoms with E-state index in [1.54, 1.807) is 6.07 Å². The Kier molecular flexibility index (Phi) is 2.08. The van der Waals surface area contributed by atoms with E-state index < -0.39 is 20.7 Å². The number of fused-ring (bicyclic) bond motifs is 1. The average molecular weight is 227 g/mol. The fraction of sp³-hybridized carbons (Fsp3) is 0. The number of hydrogen-bond acceptors (Lipinski definition) is 3. The number of nitrogens with one attached hydrogen (secondary N) is 1. The lowest BCUT2D eigenvalue weighted by Crippen LogP contribution is -2.05. The van der Waals surface area contributed by atoms with Gasteiger partial charge in [-0.15, -0.1) is 3.89 Å².